The van der Waals surface area contributed by atoms with Crippen molar-refractivity contribution in [2.75, 3.05) is 0 Å². The van der Waals surface area contributed by atoms with Crippen molar-refractivity contribution in [3.8, 4) is 0 Å². The molecule has 0 amide bonds. The Morgan fingerprint density at radius 3 is 2.85 bits per heavy atom. The molecule has 1 aromatic carbocycles. The topological polar surface area (TPSA) is 43.4 Å². The lowest BCUT2D eigenvalue weighted by Crippen LogP contribution is -2.22. The van der Waals surface area contributed by atoms with Crippen molar-refractivity contribution in [1.82, 2.24) is 0 Å². The molecule has 0 saturated carbocycles. The Bertz CT molecular complexity index is 398. The Morgan fingerprint density at radius 1 is 1.31 bits per heavy atom. The summed E-state index contributed by atoms with van der Waals surface area (Å²) in [5, 5.41) is 0. The van der Waals surface area contributed by atoms with Crippen molar-refractivity contribution in [2.24, 2.45) is 0 Å². The van der Waals surface area contributed by atoms with Crippen LogP contribution < -0.4 is 0 Å². The van der Waals surface area contributed by atoms with Crippen LogP contribution in [0.25, 0.3) is 0 Å². The highest BCUT2D eigenvalue weighted by Crippen LogP contribution is 2.21. The normalized spacial score (nSPS) is 15.2. The third-order valence-electron chi connectivity index (χ3n) is 1.83. The number of benzene rings is 1. The van der Waals surface area contributed by atoms with Gasteiger partial charge in [0.25, 0.3) is 0 Å². The maximum atomic E-state index is 11.2. The second kappa shape index (κ2) is 2.96. The third-order valence-corrected chi connectivity index (χ3v) is 2.33. The third kappa shape index (κ3) is 1.49. The maximum Gasteiger partial charge on any atom is 0.346 e. The Morgan fingerprint density at radius 2 is 2.08 bits per heavy atom. The fourth-order valence-corrected chi connectivity index (χ4v) is 1.60. The molecule has 0 aromatic heterocycles. The van der Waals surface area contributed by atoms with Gasteiger partial charge in [-0.05, 0) is 17.7 Å². The van der Waals surface area contributed by atoms with E-state index in [1.807, 2.05) is 0 Å². The van der Waals surface area contributed by atoms with Gasteiger partial charge in [-0.3, -0.25) is 4.79 Å². The number of cyclic esters (lactones) is 2. The summed E-state index contributed by atoms with van der Waals surface area (Å²) < 4.78 is 5.27. The fraction of sp³-hybridized carbons (Fsp3) is 0.111. The van der Waals surface area contributed by atoms with Crippen LogP contribution in [-0.4, -0.2) is 11.9 Å². The molecule has 66 valence electrons. The highest BCUT2D eigenvalue weighted by atomic mass is 79.9. The predicted octanol–water partition coefficient (Wildman–Crippen LogP) is 1.69. The number of fused-ring (bicyclic) bond motifs is 1. The molecule has 2 rings (SSSR count). The molecule has 0 N–H and O–H groups in total. The molecule has 0 spiro atoms. The molecule has 1 aliphatic rings. The second-order valence-electron chi connectivity index (χ2n) is 2.74. The number of rotatable bonds is 0. The molecule has 1 heterocycles. The summed E-state index contributed by atoms with van der Waals surface area (Å²) in [6.45, 7) is 0. The fourth-order valence-electron chi connectivity index (χ4n) is 1.24. The summed E-state index contributed by atoms with van der Waals surface area (Å²) in [4.78, 5) is 22.1. The molecule has 0 aliphatic carbocycles. The minimum atomic E-state index is -0.562. The zero-order chi connectivity index (χ0) is 9.42. The SMILES string of the molecule is O=C1Cc2ccc(Br)cc2C(=O)O1. The predicted molar refractivity (Wildman–Crippen MR) is 48.3 cm³/mol. The lowest BCUT2D eigenvalue weighted by atomic mass is 10.0. The van der Waals surface area contributed by atoms with E-state index in [0.29, 0.717) is 5.56 Å². The molecule has 0 unspecified atom stereocenters. The lowest BCUT2D eigenvalue weighted by molar-refractivity contribution is -0.137. The average molecular weight is 241 g/mol. The van der Waals surface area contributed by atoms with Crippen molar-refractivity contribution in [3.63, 3.8) is 0 Å². The van der Waals surface area contributed by atoms with E-state index >= 15 is 0 Å². The molecular formula is C9H5BrO3. The number of ether oxygens (including phenoxy) is 1. The van der Waals surface area contributed by atoms with E-state index in [-0.39, 0.29) is 6.42 Å². The van der Waals surface area contributed by atoms with Crippen molar-refractivity contribution in [3.05, 3.63) is 33.8 Å². The molecule has 0 radical (unpaired) electrons. The summed E-state index contributed by atoms with van der Waals surface area (Å²) in [6.07, 6.45) is 0.175. The molecule has 4 heteroatoms. The summed E-state index contributed by atoms with van der Waals surface area (Å²) in [7, 11) is 0. The maximum absolute atomic E-state index is 11.2. The number of hydrogen-bond donors (Lipinski definition) is 0. The van der Waals surface area contributed by atoms with Crippen LogP contribution in [0.2, 0.25) is 0 Å². The van der Waals surface area contributed by atoms with Crippen LogP contribution in [0.15, 0.2) is 22.7 Å². The van der Waals surface area contributed by atoms with Gasteiger partial charge in [0.1, 0.15) is 0 Å². The number of halogens is 1. The molecule has 13 heavy (non-hydrogen) atoms. The first-order chi connectivity index (χ1) is 6.16. The molecule has 3 nitrogen and oxygen atoms in total. The van der Waals surface area contributed by atoms with Gasteiger partial charge < -0.3 is 4.74 Å². The summed E-state index contributed by atoms with van der Waals surface area (Å²) in [5.74, 6) is -1.05. The molecule has 0 saturated heterocycles. The van der Waals surface area contributed by atoms with Crippen molar-refractivity contribution in [1.29, 1.82) is 0 Å². The largest absolute Gasteiger partial charge is 0.389 e. The van der Waals surface area contributed by atoms with Crippen molar-refractivity contribution in [2.45, 2.75) is 6.42 Å². The number of carbonyl (C=O) groups is 2. The minimum Gasteiger partial charge on any atom is -0.389 e. The van der Waals surface area contributed by atoms with Crippen LogP contribution >= 0.6 is 15.9 Å². The first-order valence-corrected chi connectivity index (χ1v) is 4.49. The van der Waals surface area contributed by atoms with Gasteiger partial charge in [0, 0.05) is 4.47 Å². The lowest BCUT2D eigenvalue weighted by Gasteiger charge is -2.13. The highest BCUT2D eigenvalue weighted by molar-refractivity contribution is 9.10. The monoisotopic (exact) mass is 240 g/mol. The average Bonchev–Trinajstić information content (AvgIpc) is 2.06. The van der Waals surface area contributed by atoms with Crippen LogP contribution in [0.4, 0.5) is 0 Å². The Hall–Kier alpha value is -1.16. The number of esters is 2. The zero-order valence-corrected chi connectivity index (χ0v) is 8.13. The second-order valence-corrected chi connectivity index (χ2v) is 3.66. The van der Waals surface area contributed by atoms with Gasteiger partial charge in [-0.1, -0.05) is 22.0 Å². The minimum absolute atomic E-state index is 0.175. The molecule has 1 aliphatic heterocycles. The zero-order valence-electron chi connectivity index (χ0n) is 6.54. The summed E-state index contributed by atoms with van der Waals surface area (Å²) in [6, 6.07) is 5.20. The van der Waals surface area contributed by atoms with E-state index in [4.69, 9.17) is 0 Å². The molecule has 0 atom stereocenters. The van der Waals surface area contributed by atoms with E-state index in [1.54, 1.807) is 18.2 Å². The first kappa shape index (κ1) is 8.44. The summed E-state index contributed by atoms with van der Waals surface area (Å²) in [5.41, 5.74) is 1.19. The molecule has 0 fully saturated rings. The van der Waals surface area contributed by atoms with Crippen molar-refractivity contribution >= 4 is 27.9 Å². The standard InChI is InChI=1S/C9H5BrO3/c10-6-2-1-5-3-8(11)13-9(12)7(5)4-6/h1-2,4H,3H2. The van der Waals surface area contributed by atoms with Crippen LogP contribution in [0.1, 0.15) is 15.9 Å². The van der Waals surface area contributed by atoms with Gasteiger partial charge in [0.15, 0.2) is 0 Å². The number of carbonyl (C=O) groups excluding carboxylic acids is 2. The molecule has 1 aromatic rings. The van der Waals surface area contributed by atoms with Crippen LogP contribution in [0, 0.1) is 0 Å². The van der Waals surface area contributed by atoms with E-state index < -0.39 is 11.9 Å². The number of hydrogen-bond acceptors (Lipinski definition) is 3. The van der Waals surface area contributed by atoms with E-state index in [2.05, 4.69) is 20.7 Å². The first-order valence-electron chi connectivity index (χ1n) is 3.70. The van der Waals surface area contributed by atoms with E-state index in [0.717, 1.165) is 10.0 Å². The molecular weight excluding hydrogens is 236 g/mol. The highest BCUT2D eigenvalue weighted by Gasteiger charge is 2.24. The Labute approximate surface area is 82.8 Å². The molecule has 0 bridgehead atoms. The Kier molecular flexibility index (Phi) is 1.92. The van der Waals surface area contributed by atoms with Crippen LogP contribution in [-0.2, 0) is 16.0 Å². The smallest absolute Gasteiger partial charge is 0.346 e. The van der Waals surface area contributed by atoms with E-state index in [1.165, 1.54) is 0 Å². The van der Waals surface area contributed by atoms with Crippen molar-refractivity contribution < 1.29 is 14.3 Å². The van der Waals surface area contributed by atoms with Gasteiger partial charge in [-0.25, -0.2) is 4.79 Å². The van der Waals surface area contributed by atoms with Crippen LogP contribution in [0.3, 0.4) is 0 Å². The summed E-state index contributed by atoms with van der Waals surface area (Å²) >= 11 is 3.24. The Balaban J connectivity index is 2.55. The van der Waals surface area contributed by atoms with Gasteiger partial charge in [-0.2, -0.15) is 0 Å². The van der Waals surface area contributed by atoms with Gasteiger partial charge in [0.2, 0.25) is 0 Å². The van der Waals surface area contributed by atoms with Crippen LogP contribution in [0.5, 0.6) is 0 Å². The van der Waals surface area contributed by atoms with Gasteiger partial charge >= 0.3 is 11.9 Å². The van der Waals surface area contributed by atoms with Gasteiger partial charge in [-0.15, -0.1) is 0 Å². The quantitative estimate of drug-likeness (QED) is 0.512. The van der Waals surface area contributed by atoms with E-state index in [9.17, 15) is 9.59 Å². The van der Waals surface area contributed by atoms with Gasteiger partial charge in [0.05, 0.1) is 12.0 Å².